The van der Waals surface area contributed by atoms with Gasteiger partial charge in [-0.25, -0.2) is 4.79 Å². The van der Waals surface area contributed by atoms with Gasteiger partial charge in [0.05, 0.1) is 0 Å². The molecule has 0 radical (unpaired) electrons. The highest BCUT2D eigenvalue weighted by Crippen LogP contribution is 2.10. The molecule has 0 saturated heterocycles. The van der Waals surface area contributed by atoms with Gasteiger partial charge in [0.15, 0.2) is 5.96 Å². The zero-order chi connectivity index (χ0) is 18.9. The second-order valence-electron chi connectivity index (χ2n) is 7.01. The summed E-state index contributed by atoms with van der Waals surface area (Å²) < 4.78 is 7.47. The quantitative estimate of drug-likeness (QED) is 0.584. The lowest BCUT2D eigenvalue weighted by Gasteiger charge is -2.27. The lowest BCUT2D eigenvalue weighted by Crippen LogP contribution is -2.44. The molecular weight excluding hydrogens is 318 g/mol. The molecule has 0 fully saturated rings. The summed E-state index contributed by atoms with van der Waals surface area (Å²) in [6.07, 6.45) is 4.69. The first-order valence-electron chi connectivity index (χ1n) is 8.78. The van der Waals surface area contributed by atoms with Crippen molar-refractivity contribution in [3.63, 3.8) is 0 Å². The number of guanidine groups is 1. The predicted octanol–water partition coefficient (Wildman–Crippen LogP) is 2.34. The molecule has 0 unspecified atom stereocenters. The van der Waals surface area contributed by atoms with Crippen molar-refractivity contribution in [2.45, 2.75) is 46.3 Å². The van der Waals surface area contributed by atoms with Crippen molar-refractivity contribution < 1.29 is 9.53 Å². The first kappa shape index (κ1) is 20.9. The summed E-state index contributed by atoms with van der Waals surface area (Å²) in [6.45, 7) is 10.2. The van der Waals surface area contributed by atoms with Gasteiger partial charge in [0.1, 0.15) is 5.60 Å². The Bertz CT molecular complexity index is 560. The second-order valence-corrected chi connectivity index (χ2v) is 7.01. The molecule has 2 N–H and O–H groups in total. The molecule has 1 amide bonds. The second kappa shape index (κ2) is 9.96. The van der Waals surface area contributed by atoms with Crippen LogP contribution in [0.15, 0.2) is 23.5 Å². The summed E-state index contributed by atoms with van der Waals surface area (Å²) in [7, 11) is 3.73. The molecule has 142 valence electrons. The largest absolute Gasteiger partial charge is 0.444 e. The van der Waals surface area contributed by atoms with Crippen LogP contribution in [-0.4, -0.2) is 53.8 Å². The number of nitrogens with one attached hydrogen (secondary N) is 2. The number of hydrogen-bond acceptors (Lipinski definition) is 3. The number of carbonyl (C=O) groups is 1. The first-order chi connectivity index (χ1) is 11.7. The molecule has 0 atom stereocenters. The number of amides is 1. The van der Waals surface area contributed by atoms with Crippen LogP contribution >= 0.6 is 0 Å². The molecule has 0 saturated carbocycles. The molecule has 7 heteroatoms. The van der Waals surface area contributed by atoms with E-state index in [4.69, 9.17) is 4.74 Å². The molecule has 7 nitrogen and oxygen atoms in total. The Labute approximate surface area is 151 Å². The van der Waals surface area contributed by atoms with Crippen LogP contribution in [0.2, 0.25) is 0 Å². The Morgan fingerprint density at radius 1 is 1.32 bits per heavy atom. The van der Waals surface area contributed by atoms with E-state index in [9.17, 15) is 4.79 Å². The average Bonchev–Trinajstić information content (AvgIpc) is 2.93. The van der Waals surface area contributed by atoms with Crippen LogP contribution < -0.4 is 10.6 Å². The zero-order valence-electron chi connectivity index (χ0n) is 16.4. The molecule has 0 bridgehead atoms. The average molecular weight is 351 g/mol. The summed E-state index contributed by atoms with van der Waals surface area (Å²) >= 11 is 0. The van der Waals surface area contributed by atoms with Crippen molar-refractivity contribution in [1.82, 2.24) is 20.1 Å². The first-order valence-corrected chi connectivity index (χ1v) is 8.78. The molecule has 0 aromatic carbocycles. The van der Waals surface area contributed by atoms with E-state index in [0.717, 1.165) is 6.42 Å². The number of ether oxygens (including phenoxy) is 1. The lowest BCUT2D eigenvalue weighted by atomic mass is 10.2. The van der Waals surface area contributed by atoms with Crippen LogP contribution in [0, 0.1) is 0 Å². The molecule has 1 aromatic rings. The molecule has 1 heterocycles. The number of aryl methyl sites for hydroxylation is 1. The van der Waals surface area contributed by atoms with E-state index in [2.05, 4.69) is 27.9 Å². The van der Waals surface area contributed by atoms with Crippen LogP contribution in [0.25, 0.3) is 0 Å². The molecular formula is C18H33N5O2. The van der Waals surface area contributed by atoms with Crippen molar-refractivity contribution in [1.29, 1.82) is 0 Å². The van der Waals surface area contributed by atoms with E-state index < -0.39 is 5.60 Å². The Morgan fingerprint density at radius 3 is 2.56 bits per heavy atom. The highest BCUT2D eigenvalue weighted by Gasteiger charge is 2.21. The van der Waals surface area contributed by atoms with Gasteiger partial charge in [0.2, 0.25) is 0 Å². The smallest absolute Gasteiger partial charge is 0.410 e. The minimum Gasteiger partial charge on any atom is -0.444 e. The van der Waals surface area contributed by atoms with Crippen LogP contribution in [-0.2, 0) is 18.3 Å². The number of hydrogen-bond donors (Lipinski definition) is 2. The van der Waals surface area contributed by atoms with Crippen LogP contribution in [0.3, 0.4) is 0 Å². The molecule has 0 aliphatic heterocycles. The summed E-state index contributed by atoms with van der Waals surface area (Å²) in [5, 5.41) is 6.50. The van der Waals surface area contributed by atoms with Gasteiger partial charge < -0.3 is 24.8 Å². The van der Waals surface area contributed by atoms with Gasteiger partial charge in [0.25, 0.3) is 0 Å². The molecule has 0 aliphatic rings. The van der Waals surface area contributed by atoms with Gasteiger partial charge in [-0.3, -0.25) is 4.99 Å². The van der Waals surface area contributed by atoms with Crippen LogP contribution in [0.4, 0.5) is 4.79 Å². The highest BCUT2D eigenvalue weighted by atomic mass is 16.6. The fourth-order valence-corrected chi connectivity index (χ4v) is 2.27. The Hall–Kier alpha value is -2.18. The highest BCUT2D eigenvalue weighted by molar-refractivity contribution is 5.79. The Balaban J connectivity index is 2.43. The normalized spacial score (nSPS) is 12.0. The predicted molar refractivity (Wildman–Crippen MR) is 102 cm³/mol. The van der Waals surface area contributed by atoms with E-state index in [1.165, 1.54) is 5.56 Å². The minimum atomic E-state index is -0.482. The van der Waals surface area contributed by atoms with Crippen LogP contribution in [0.1, 0.15) is 39.7 Å². The number of rotatable bonds is 7. The molecule has 0 spiro atoms. The number of nitrogens with zero attached hydrogens (tertiary/aromatic N) is 3. The van der Waals surface area contributed by atoms with Gasteiger partial charge in [0, 0.05) is 52.7 Å². The third-order valence-electron chi connectivity index (χ3n) is 3.40. The maximum atomic E-state index is 12.2. The Kier molecular flexibility index (Phi) is 8.31. The van der Waals surface area contributed by atoms with E-state index in [1.807, 2.05) is 45.5 Å². The summed E-state index contributed by atoms with van der Waals surface area (Å²) in [5.41, 5.74) is 0.705. The maximum Gasteiger partial charge on any atom is 0.410 e. The number of aliphatic imine (C=N–C) groups is 1. The SMILES string of the molecule is CCCN(CCNC(=NC)NCc1ccn(C)c1)C(=O)OC(C)(C)C. The van der Waals surface area contributed by atoms with Gasteiger partial charge in [-0.2, -0.15) is 0 Å². The summed E-state index contributed by atoms with van der Waals surface area (Å²) in [5.74, 6) is 0.712. The van der Waals surface area contributed by atoms with E-state index >= 15 is 0 Å². The monoisotopic (exact) mass is 351 g/mol. The van der Waals surface area contributed by atoms with Crippen molar-refractivity contribution in [2.75, 3.05) is 26.7 Å². The summed E-state index contributed by atoms with van der Waals surface area (Å²) in [6, 6.07) is 2.06. The Morgan fingerprint density at radius 2 is 2.04 bits per heavy atom. The number of aromatic nitrogens is 1. The molecule has 1 rings (SSSR count). The van der Waals surface area contributed by atoms with Crippen LogP contribution in [0.5, 0.6) is 0 Å². The van der Waals surface area contributed by atoms with E-state index in [-0.39, 0.29) is 6.09 Å². The van der Waals surface area contributed by atoms with Gasteiger partial charge >= 0.3 is 6.09 Å². The molecule has 1 aromatic heterocycles. The van der Waals surface area contributed by atoms with Crippen molar-refractivity contribution in [3.05, 3.63) is 24.0 Å². The van der Waals surface area contributed by atoms with Crippen molar-refractivity contribution in [2.24, 2.45) is 12.0 Å². The number of carbonyl (C=O) groups excluding carboxylic acids is 1. The minimum absolute atomic E-state index is 0.275. The molecule has 25 heavy (non-hydrogen) atoms. The van der Waals surface area contributed by atoms with Gasteiger partial charge in [-0.15, -0.1) is 0 Å². The maximum absolute atomic E-state index is 12.2. The van der Waals surface area contributed by atoms with Gasteiger partial charge in [-0.05, 0) is 38.8 Å². The van der Waals surface area contributed by atoms with Crippen molar-refractivity contribution in [3.8, 4) is 0 Å². The van der Waals surface area contributed by atoms with E-state index in [0.29, 0.717) is 32.1 Å². The summed E-state index contributed by atoms with van der Waals surface area (Å²) in [4.78, 5) is 18.2. The fourth-order valence-electron chi connectivity index (χ4n) is 2.27. The third kappa shape index (κ3) is 8.47. The van der Waals surface area contributed by atoms with Gasteiger partial charge in [-0.1, -0.05) is 6.92 Å². The fraction of sp³-hybridized carbons (Fsp3) is 0.667. The standard InChI is InChI=1S/C18H33N5O2/c1-7-10-23(17(24)25-18(2,3)4)12-9-20-16(19-5)21-13-15-8-11-22(6)14-15/h8,11,14H,7,9-10,12-13H2,1-6H3,(H2,19,20,21). The van der Waals surface area contributed by atoms with Crippen molar-refractivity contribution >= 4 is 12.1 Å². The zero-order valence-corrected chi connectivity index (χ0v) is 16.4. The topological polar surface area (TPSA) is 70.9 Å². The lowest BCUT2D eigenvalue weighted by molar-refractivity contribution is 0.0253. The van der Waals surface area contributed by atoms with E-state index in [1.54, 1.807) is 11.9 Å². The third-order valence-corrected chi connectivity index (χ3v) is 3.40. The molecule has 0 aliphatic carbocycles.